The van der Waals surface area contributed by atoms with Gasteiger partial charge in [-0.2, -0.15) is 0 Å². The molecule has 0 saturated heterocycles. The van der Waals surface area contributed by atoms with Gasteiger partial charge in [0.2, 0.25) is 0 Å². The molecule has 1 aromatic rings. The number of hydrogen-bond acceptors (Lipinski definition) is 3. The van der Waals surface area contributed by atoms with Crippen LogP contribution in [-0.2, 0) is 6.54 Å². The Morgan fingerprint density at radius 1 is 1.56 bits per heavy atom. The van der Waals surface area contributed by atoms with Crippen molar-refractivity contribution in [3.8, 4) is 0 Å². The summed E-state index contributed by atoms with van der Waals surface area (Å²) >= 11 is 0. The average molecular weight is 223 g/mol. The zero-order chi connectivity index (χ0) is 11.6. The molecule has 1 aromatic heterocycles. The highest BCUT2D eigenvalue weighted by atomic mass is 16.4. The second-order valence-corrected chi connectivity index (χ2v) is 4.73. The zero-order valence-corrected chi connectivity index (χ0v) is 9.45. The SMILES string of the molecule is CC1(NCc2cc(C(=O)O)co2)CCCC1. The fourth-order valence-electron chi connectivity index (χ4n) is 2.22. The first-order valence-corrected chi connectivity index (χ1v) is 5.65. The van der Waals surface area contributed by atoms with Crippen molar-refractivity contribution in [1.82, 2.24) is 5.32 Å². The van der Waals surface area contributed by atoms with Gasteiger partial charge < -0.3 is 14.8 Å². The molecule has 1 heterocycles. The summed E-state index contributed by atoms with van der Waals surface area (Å²) in [5.74, 6) is -0.257. The van der Waals surface area contributed by atoms with E-state index in [0.717, 1.165) is 0 Å². The van der Waals surface area contributed by atoms with E-state index in [1.54, 1.807) is 6.07 Å². The smallest absolute Gasteiger partial charge is 0.338 e. The van der Waals surface area contributed by atoms with E-state index in [0.29, 0.717) is 12.3 Å². The normalized spacial score (nSPS) is 18.8. The highest BCUT2D eigenvalue weighted by Crippen LogP contribution is 2.29. The molecule has 16 heavy (non-hydrogen) atoms. The lowest BCUT2D eigenvalue weighted by molar-refractivity contribution is 0.0696. The van der Waals surface area contributed by atoms with Gasteiger partial charge in [-0.15, -0.1) is 0 Å². The van der Waals surface area contributed by atoms with Crippen molar-refractivity contribution in [2.75, 3.05) is 0 Å². The van der Waals surface area contributed by atoms with Crippen LogP contribution in [0.25, 0.3) is 0 Å². The van der Waals surface area contributed by atoms with E-state index < -0.39 is 5.97 Å². The fraction of sp³-hybridized carbons (Fsp3) is 0.583. The van der Waals surface area contributed by atoms with Gasteiger partial charge in [-0.25, -0.2) is 4.79 Å². The van der Waals surface area contributed by atoms with E-state index in [2.05, 4.69) is 12.2 Å². The van der Waals surface area contributed by atoms with Gasteiger partial charge in [-0.05, 0) is 25.8 Å². The summed E-state index contributed by atoms with van der Waals surface area (Å²) in [6.45, 7) is 2.81. The van der Waals surface area contributed by atoms with E-state index in [9.17, 15) is 4.79 Å². The van der Waals surface area contributed by atoms with Gasteiger partial charge in [0, 0.05) is 5.54 Å². The van der Waals surface area contributed by atoms with E-state index in [1.807, 2.05) is 0 Å². The van der Waals surface area contributed by atoms with Crippen molar-refractivity contribution < 1.29 is 14.3 Å². The van der Waals surface area contributed by atoms with Crippen LogP contribution in [0.15, 0.2) is 16.7 Å². The topological polar surface area (TPSA) is 62.5 Å². The van der Waals surface area contributed by atoms with Gasteiger partial charge >= 0.3 is 5.97 Å². The van der Waals surface area contributed by atoms with Crippen LogP contribution in [0.3, 0.4) is 0 Å². The van der Waals surface area contributed by atoms with Crippen molar-refractivity contribution in [3.63, 3.8) is 0 Å². The standard InChI is InChI=1S/C12H17NO3/c1-12(4-2-3-5-12)13-7-10-6-9(8-16-10)11(14)15/h6,8,13H,2-5,7H2,1H3,(H,14,15). The summed E-state index contributed by atoms with van der Waals surface area (Å²) < 4.78 is 5.19. The van der Waals surface area contributed by atoms with E-state index >= 15 is 0 Å². The zero-order valence-electron chi connectivity index (χ0n) is 9.45. The third-order valence-electron chi connectivity index (χ3n) is 3.30. The Bertz CT molecular complexity index is 377. The third kappa shape index (κ3) is 2.44. The number of rotatable bonds is 4. The molecule has 4 heteroatoms. The summed E-state index contributed by atoms with van der Waals surface area (Å²) in [5.41, 5.74) is 0.407. The van der Waals surface area contributed by atoms with Crippen molar-refractivity contribution in [2.45, 2.75) is 44.7 Å². The number of carbonyl (C=O) groups is 1. The minimum Gasteiger partial charge on any atom is -0.478 e. The molecule has 4 nitrogen and oxygen atoms in total. The first-order chi connectivity index (χ1) is 7.59. The summed E-state index contributed by atoms with van der Waals surface area (Å²) in [4.78, 5) is 10.7. The predicted molar refractivity (Wildman–Crippen MR) is 59.4 cm³/mol. The summed E-state index contributed by atoms with van der Waals surface area (Å²) in [6.07, 6.45) is 6.18. The van der Waals surface area contributed by atoms with E-state index in [4.69, 9.17) is 9.52 Å². The van der Waals surface area contributed by atoms with Crippen molar-refractivity contribution in [3.05, 3.63) is 23.7 Å². The van der Waals surface area contributed by atoms with Crippen LogP contribution >= 0.6 is 0 Å². The number of hydrogen-bond donors (Lipinski definition) is 2. The molecule has 0 aliphatic heterocycles. The van der Waals surface area contributed by atoms with Crippen LogP contribution < -0.4 is 5.32 Å². The third-order valence-corrected chi connectivity index (χ3v) is 3.30. The maximum Gasteiger partial charge on any atom is 0.338 e. The molecule has 0 unspecified atom stereocenters. The molecule has 0 amide bonds. The second-order valence-electron chi connectivity index (χ2n) is 4.73. The molecule has 0 radical (unpaired) electrons. The lowest BCUT2D eigenvalue weighted by atomic mass is 10.0. The summed E-state index contributed by atoms with van der Waals surface area (Å²) in [5, 5.41) is 12.2. The van der Waals surface area contributed by atoms with Gasteiger partial charge in [0.1, 0.15) is 12.0 Å². The molecular weight excluding hydrogens is 206 g/mol. The molecule has 1 fully saturated rings. The van der Waals surface area contributed by atoms with Gasteiger partial charge in [0.15, 0.2) is 0 Å². The van der Waals surface area contributed by atoms with Gasteiger partial charge in [0.05, 0.1) is 12.1 Å². The highest BCUT2D eigenvalue weighted by Gasteiger charge is 2.27. The van der Waals surface area contributed by atoms with Crippen LogP contribution in [0.5, 0.6) is 0 Å². The molecular formula is C12H17NO3. The van der Waals surface area contributed by atoms with Crippen LogP contribution in [0, 0.1) is 0 Å². The number of nitrogens with one attached hydrogen (secondary N) is 1. The Hall–Kier alpha value is -1.29. The molecule has 2 rings (SSSR count). The molecule has 1 aliphatic rings. The Morgan fingerprint density at radius 2 is 2.25 bits per heavy atom. The second kappa shape index (κ2) is 4.29. The number of carboxylic acids is 1. The van der Waals surface area contributed by atoms with Crippen LogP contribution in [0.1, 0.15) is 48.7 Å². The molecule has 0 bridgehead atoms. The van der Waals surface area contributed by atoms with Crippen LogP contribution in [0.4, 0.5) is 0 Å². The quantitative estimate of drug-likeness (QED) is 0.822. The Labute approximate surface area is 94.6 Å². The molecule has 1 saturated carbocycles. The van der Waals surface area contributed by atoms with Crippen LogP contribution in [-0.4, -0.2) is 16.6 Å². The van der Waals surface area contributed by atoms with Gasteiger partial charge in [-0.1, -0.05) is 12.8 Å². The molecule has 0 aromatic carbocycles. The summed E-state index contributed by atoms with van der Waals surface area (Å²) in [7, 11) is 0. The number of carboxylic acid groups (broad SMARTS) is 1. The lowest BCUT2D eigenvalue weighted by Crippen LogP contribution is -2.38. The predicted octanol–water partition coefficient (Wildman–Crippen LogP) is 2.40. The maximum atomic E-state index is 10.7. The Morgan fingerprint density at radius 3 is 2.81 bits per heavy atom. The first kappa shape index (κ1) is 11.2. The van der Waals surface area contributed by atoms with Crippen molar-refractivity contribution in [1.29, 1.82) is 0 Å². The lowest BCUT2D eigenvalue weighted by Gasteiger charge is -2.24. The maximum absolute atomic E-state index is 10.7. The number of furan rings is 1. The summed E-state index contributed by atoms with van der Waals surface area (Å²) in [6, 6.07) is 1.58. The fourth-order valence-corrected chi connectivity index (χ4v) is 2.22. The van der Waals surface area contributed by atoms with Crippen LogP contribution in [0.2, 0.25) is 0 Å². The molecule has 88 valence electrons. The molecule has 1 aliphatic carbocycles. The minimum atomic E-state index is -0.943. The Balaban J connectivity index is 1.91. The van der Waals surface area contributed by atoms with Crippen molar-refractivity contribution in [2.24, 2.45) is 0 Å². The largest absolute Gasteiger partial charge is 0.478 e. The minimum absolute atomic E-state index is 0.191. The monoisotopic (exact) mass is 223 g/mol. The number of aromatic carboxylic acids is 1. The first-order valence-electron chi connectivity index (χ1n) is 5.65. The van der Waals surface area contributed by atoms with Crippen molar-refractivity contribution >= 4 is 5.97 Å². The molecule has 0 spiro atoms. The van der Waals surface area contributed by atoms with Gasteiger partial charge in [0.25, 0.3) is 0 Å². The van der Waals surface area contributed by atoms with E-state index in [-0.39, 0.29) is 11.1 Å². The van der Waals surface area contributed by atoms with E-state index in [1.165, 1.54) is 31.9 Å². The Kier molecular flexibility index (Phi) is 3.01. The molecule has 0 atom stereocenters. The molecule has 2 N–H and O–H groups in total. The average Bonchev–Trinajstić information content (AvgIpc) is 2.84. The highest BCUT2D eigenvalue weighted by molar-refractivity contribution is 5.87. The van der Waals surface area contributed by atoms with Gasteiger partial charge in [-0.3, -0.25) is 0 Å².